The summed E-state index contributed by atoms with van der Waals surface area (Å²) in [6.45, 7) is 1.13. The van der Waals surface area contributed by atoms with Gasteiger partial charge in [-0.1, -0.05) is 13.3 Å². The summed E-state index contributed by atoms with van der Waals surface area (Å²) in [6.07, 6.45) is -0.561. The van der Waals surface area contributed by atoms with Crippen LogP contribution in [-0.4, -0.2) is 24.8 Å². The van der Waals surface area contributed by atoms with Crippen LogP contribution in [0.2, 0.25) is 0 Å². The third-order valence-electron chi connectivity index (χ3n) is 3.01. The van der Waals surface area contributed by atoms with Gasteiger partial charge in [-0.3, -0.25) is 4.79 Å². The molecule has 2 heterocycles. The van der Waals surface area contributed by atoms with Crippen LogP contribution in [0.15, 0.2) is 20.3 Å². The van der Waals surface area contributed by atoms with E-state index in [0.29, 0.717) is 17.5 Å². The van der Waals surface area contributed by atoms with E-state index in [1.165, 1.54) is 6.07 Å². The normalized spacial score (nSPS) is 14.1. The lowest BCUT2D eigenvalue weighted by molar-refractivity contribution is -0.117. The van der Waals surface area contributed by atoms with Gasteiger partial charge < -0.3 is 9.15 Å². The summed E-state index contributed by atoms with van der Waals surface area (Å²) in [4.78, 5) is 26.7. The van der Waals surface area contributed by atoms with Crippen LogP contribution in [0.1, 0.15) is 36.7 Å². The van der Waals surface area contributed by atoms with Gasteiger partial charge in [0.2, 0.25) is 5.90 Å². The predicted octanol–water partition coefficient (Wildman–Crippen LogP) is 2.09. The molecule has 1 amide bonds. The lowest BCUT2D eigenvalue weighted by Gasteiger charge is -2.18. The van der Waals surface area contributed by atoms with Crippen molar-refractivity contribution in [3.8, 4) is 0 Å². The van der Waals surface area contributed by atoms with Crippen molar-refractivity contribution < 1.29 is 22.7 Å². The Hall–Kier alpha value is -2.05. The van der Waals surface area contributed by atoms with Crippen molar-refractivity contribution in [2.75, 3.05) is 6.61 Å². The largest absolute Gasteiger partial charge is 0.471 e. The number of ether oxygens (including phenoxy) is 1. The number of halogens is 2. The van der Waals surface area contributed by atoms with Gasteiger partial charge in [-0.15, -0.1) is 0 Å². The third-order valence-corrected chi connectivity index (χ3v) is 3.01. The SMILES string of the molecule is CCCCc1cc(=O)oc2c1C(OCC(F)F)=NC(=O)C2. The number of alkyl halides is 2. The maximum Gasteiger partial charge on any atom is 0.336 e. The van der Waals surface area contributed by atoms with E-state index in [0.717, 1.165) is 12.8 Å². The van der Waals surface area contributed by atoms with Gasteiger partial charge in [-0.2, -0.15) is 4.99 Å². The van der Waals surface area contributed by atoms with Gasteiger partial charge in [0.1, 0.15) is 5.76 Å². The molecule has 1 aromatic heterocycles. The van der Waals surface area contributed by atoms with E-state index in [-0.39, 0.29) is 18.1 Å². The topological polar surface area (TPSA) is 68.9 Å². The molecule has 0 unspecified atom stereocenters. The Morgan fingerprint density at radius 3 is 2.86 bits per heavy atom. The molecule has 0 atom stereocenters. The molecule has 0 radical (unpaired) electrons. The fraction of sp³-hybridized carbons (Fsp3) is 0.500. The van der Waals surface area contributed by atoms with Gasteiger partial charge in [-0.05, 0) is 18.4 Å². The van der Waals surface area contributed by atoms with E-state index in [4.69, 9.17) is 9.15 Å². The quantitative estimate of drug-likeness (QED) is 0.835. The molecule has 1 aromatic rings. The summed E-state index contributed by atoms with van der Waals surface area (Å²) in [7, 11) is 0. The van der Waals surface area contributed by atoms with Crippen LogP contribution >= 0.6 is 0 Å². The zero-order chi connectivity index (χ0) is 15.4. The number of rotatable bonds is 5. The highest BCUT2D eigenvalue weighted by Gasteiger charge is 2.27. The number of hydrogen-bond acceptors (Lipinski definition) is 4. The first-order valence-electron chi connectivity index (χ1n) is 6.70. The number of carbonyl (C=O) groups is 1. The number of hydrogen-bond donors (Lipinski definition) is 0. The van der Waals surface area contributed by atoms with Crippen molar-refractivity contribution in [1.82, 2.24) is 0 Å². The predicted molar refractivity (Wildman–Crippen MR) is 70.8 cm³/mol. The number of unbranched alkanes of at least 4 members (excludes halogenated alkanes) is 1. The molecule has 0 bridgehead atoms. The number of carbonyl (C=O) groups excluding carboxylic acids is 1. The molecular formula is C14H15F2NO4. The van der Waals surface area contributed by atoms with E-state index in [1.807, 2.05) is 6.92 Å². The van der Waals surface area contributed by atoms with E-state index in [1.54, 1.807) is 0 Å². The number of nitrogens with zero attached hydrogens (tertiary/aromatic N) is 1. The average molecular weight is 299 g/mol. The molecule has 0 aromatic carbocycles. The molecule has 0 spiro atoms. The highest BCUT2D eigenvalue weighted by Crippen LogP contribution is 2.22. The van der Waals surface area contributed by atoms with Crippen LogP contribution in [0.25, 0.3) is 0 Å². The monoisotopic (exact) mass is 299 g/mol. The average Bonchev–Trinajstić information content (AvgIpc) is 2.41. The summed E-state index contributed by atoms with van der Waals surface area (Å²) in [6, 6.07) is 1.30. The molecule has 1 aliphatic rings. The Morgan fingerprint density at radius 2 is 2.19 bits per heavy atom. The summed E-state index contributed by atoms with van der Waals surface area (Å²) >= 11 is 0. The standard InChI is InChI=1S/C14H15F2NO4/c1-2-3-4-8-5-12(19)21-9-6-11(18)17-14(13(8)9)20-7-10(15)16/h5,10H,2-4,6-7H2,1H3. The summed E-state index contributed by atoms with van der Waals surface area (Å²) in [5, 5.41) is 0. The number of fused-ring (bicyclic) bond motifs is 1. The van der Waals surface area contributed by atoms with Crippen LogP contribution in [0, 0.1) is 0 Å². The summed E-state index contributed by atoms with van der Waals surface area (Å²) < 4.78 is 34.5. The van der Waals surface area contributed by atoms with Crippen molar-refractivity contribution in [3.63, 3.8) is 0 Å². The molecule has 1 aliphatic heterocycles. The minimum absolute atomic E-state index is 0.137. The molecule has 0 saturated carbocycles. The molecule has 21 heavy (non-hydrogen) atoms. The van der Waals surface area contributed by atoms with Gasteiger partial charge in [0.25, 0.3) is 12.3 Å². The number of amides is 1. The molecule has 0 fully saturated rings. The first-order valence-corrected chi connectivity index (χ1v) is 6.70. The maximum atomic E-state index is 12.3. The van der Waals surface area contributed by atoms with Crippen molar-refractivity contribution >= 4 is 11.8 Å². The van der Waals surface area contributed by atoms with Crippen molar-refractivity contribution in [2.45, 2.75) is 39.0 Å². The van der Waals surface area contributed by atoms with Crippen LogP contribution < -0.4 is 5.63 Å². The van der Waals surface area contributed by atoms with Crippen LogP contribution in [0.5, 0.6) is 0 Å². The van der Waals surface area contributed by atoms with Crippen molar-refractivity contribution in [3.05, 3.63) is 33.4 Å². The van der Waals surface area contributed by atoms with Crippen molar-refractivity contribution in [2.24, 2.45) is 4.99 Å². The molecular weight excluding hydrogens is 284 g/mol. The molecule has 0 saturated heterocycles. The molecule has 2 rings (SSSR count). The molecule has 7 heteroatoms. The van der Waals surface area contributed by atoms with E-state index >= 15 is 0 Å². The van der Waals surface area contributed by atoms with Gasteiger partial charge in [-0.25, -0.2) is 13.6 Å². The van der Waals surface area contributed by atoms with E-state index < -0.39 is 24.6 Å². The third kappa shape index (κ3) is 3.74. The second kappa shape index (κ2) is 6.60. The van der Waals surface area contributed by atoms with E-state index in [9.17, 15) is 18.4 Å². The number of aryl methyl sites for hydroxylation is 1. The highest BCUT2D eigenvalue weighted by atomic mass is 19.3. The lowest BCUT2D eigenvalue weighted by atomic mass is 9.99. The second-order valence-electron chi connectivity index (χ2n) is 4.68. The first-order chi connectivity index (χ1) is 10.0. The molecule has 5 nitrogen and oxygen atoms in total. The molecule has 0 aliphatic carbocycles. The Bertz CT molecular complexity index is 622. The summed E-state index contributed by atoms with van der Waals surface area (Å²) in [5.41, 5.74) is 0.412. The highest BCUT2D eigenvalue weighted by molar-refractivity contribution is 6.06. The number of aliphatic imine (C=N–C) groups is 1. The first kappa shape index (κ1) is 15.3. The van der Waals surface area contributed by atoms with Crippen molar-refractivity contribution in [1.29, 1.82) is 0 Å². The Balaban J connectivity index is 2.42. The molecule has 114 valence electrons. The lowest BCUT2D eigenvalue weighted by Crippen LogP contribution is -2.25. The van der Waals surface area contributed by atoms with Crippen LogP contribution in [0.3, 0.4) is 0 Å². The zero-order valence-electron chi connectivity index (χ0n) is 11.5. The van der Waals surface area contributed by atoms with Gasteiger partial charge >= 0.3 is 5.63 Å². The van der Waals surface area contributed by atoms with Crippen LogP contribution in [0.4, 0.5) is 8.78 Å². The maximum absolute atomic E-state index is 12.3. The van der Waals surface area contributed by atoms with E-state index in [2.05, 4.69) is 4.99 Å². The second-order valence-corrected chi connectivity index (χ2v) is 4.68. The minimum Gasteiger partial charge on any atom is -0.471 e. The molecule has 0 N–H and O–H groups in total. The Morgan fingerprint density at radius 1 is 1.43 bits per heavy atom. The fourth-order valence-corrected chi connectivity index (χ4v) is 2.13. The smallest absolute Gasteiger partial charge is 0.336 e. The Kier molecular flexibility index (Phi) is 4.82. The van der Waals surface area contributed by atoms with Crippen LogP contribution in [-0.2, 0) is 22.4 Å². The Labute approximate surface area is 119 Å². The zero-order valence-corrected chi connectivity index (χ0v) is 11.5. The van der Waals surface area contributed by atoms with Gasteiger partial charge in [0.05, 0.1) is 12.0 Å². The fourth-order valence-electron chi connectivity index (χ4n) is 2.13. The van der Waals surface area contributed by atoms with Gasteiger partial charge in [0.15, 0.2) is 6.61 Å². The minimum atomic E-state index is -2.68. The summed E-state index contributed by atoms with van der Waals surface area (Å²) in [5.74, 6) is -0.628. The van der Waals surface area contributed by atoms with Gasteiger partial charge in [0, 0.05) is 6.07 Å².